The Bertz CT molecular complexity index is 1200. The van der Waals surface area contributed by atoms with Gasteiger partial charge < -0.3 is 23.7 Å². The predicted molar refractivity (Wildman–Crippen MR) is 123 cm³/mol. The molecule has 0 N–H and O–H groups in total. The fraction of sp³-hybridized carbons (Fsp3) is 0.360. The van der Waals surface area contributed by atoms with Gasteiger partial charge in [0.05, 0.1) is 30.7 Å². The van der Waals surface area contributed by atoms with E-state index in [1.165, 1.54) is 0 Å². The molecule has 3 aromatic rings. The number of likely N-dealkylation sites (N-methyl/N-ethyl adjacent to an activating group) is 1. The number of hydrogen-bond donors (Lipinski definition) is 0. The Balaban J connectivity index is 1.88. The zero-order valence-electron chi connectivity index (χ0n) is 18.9. The zero-order chi connectivity index (χ0) is 22.8. The van der Waals surface area contributed by atoms with Crippen LogP contribution in [0.2, 0.25) is 0 Å². The molecule has 0 radical (unpaired) electrons. The topological polar surface area (TPSA) is 72.2 Å². The van der Waals surface area contributed by atoms with E-state index in [1.807, 2.05) is 50.2 Å². The molecule has 1 amide bonds. The molecule has 7 heteroatoms. The number of nitrogens with zero attached hydrogens (tertiary/aromatic N) is 2. The van der Waals surface area contributed by atoms with E-state index in [-0.39, 0.29) is 17.1 Å². The number of benzene rings is 2. The predicted octanol–water partition coefficient (Wildman–Crippen LogP) is 3.70. The molecule has 1 atom stereocenters. The molecule has 0 saturated heterocycles. The first-order valence-electron chi connectivity index (χ1n) is 10.8. The minimum Gasteiger partial charge on any atom is -0.497 e. The van der Waals surface area contributed by atoms with Crippen molar-refractivity contribution in [1.82, 2.24) is 9.80 Å². The Hall–Kier alpha value is -3.32. The van der Waals surface area contributed by atoms with Crippen LogP contribution in [-0.2, 0) is 0 Å². The molecule has 0 fully saturated rings. The van der Waals surface area contributed by atoms with Gasteiger partial charge in [-0.05, 0) is 50.3 Å². The van der Waals surface area contributed by atoms with Gasteiger partial charge in [0.2, 0.25) is 5.76 Å². The summed E-state index contributed by atoms with van der Waals surface area (Å²) in [4.78, 5) is 30.7. The minimum atomic E-state index is -0.537. The second-order valence-corrected chi connectivity index (χ2v) is 8.16. The molecule has 7 nitrogen and oxygen atoms in total. The van der Waals surface area contributed by atoms with Crippen LogP contribution in [0.1, 0.15) is 41.1 Å². The molecule has 2 heterocycles. The Morgan fingerprint density at radius 2 is 1.91 bits per heavy atom. The summed E-state index contributed by atoms with van der Waals surface area (Å²) < 4.78 is 17.1. The van der Waals surface area contributed by atoms with E-state index in [0.717, 1.165) is 12.0 Å². The average molecular weight is 437 g/mol. The van der Waals surface area contributed by atoms with Crippen molar-refractivity contribution in [3.05, 3.63) is 69.6 Å². The molecule has 32 heavy (non-hydrogen) atoms. The number of ether oxygens (including phenoxy) is 2. The molecule has 1 aliphatic heterocycles. The maximum atomic E-state index is 13.6. The highest BCUT2D eigenvalue weighted by atomic mass is 16.5. The molecule has 0 spiro atoms. The van der Waals surface area contributed by atoms with Gasteiger partial charge in [0, 0.05) is 19.2 Å². The highest BCUT2D eigenvalue weighted by Gasteiger charge is 2.42. The van der Waals surface area contributed by atoms with Crippen molar-refractivity contribution in [2.75, 3.05) is 40.9 Å². The lowest BCUT2D eigenvalue weighted by Gasteiger charge is -2.26. The van der Waals surface area contributed by atoms with Gasteiger partial charge in [0.25, 0.3) is 5.91 Å². The third kappa shape index (κ3) is 3.96. The van der Waals surface area contributed by atoms with Crippen LogP contribution in [0.3, 0.4) is 0 Å². The second kappa shape index (κ2) is 9.04. The quantitative estimate of drug-likeness (QED) is 0.536. The first-order valence-corrected chi connectivity index (χ1v) is 10.8. The molecule has 0 saturated carbocycles. The number of hydrogen-bond acceptors (Lipinski definition) is 6. The summed E-state index contributed by atoms with van der Waals surface area (Å²) in [6, 6.07) is 12.1. The first-order chi connectivity index (χ1) is 15.4. The fourth-order valence-corrected chi connectivity index (χ4v) is 4.00. The standard InChI is InChI=1S/C25H28N2O5/c1-5-13-31-18-8-6-7-16(14-18)22-21-23(28)19-10-9-17(30-4)15-20(19)32-24(21)25(29)27(22)12-11-26(2)3/h6-10,14-15,22H,5,11-13H2,1-4H3. The van der Waals surface area contributed by atoms with Crippen LogP contribution in [0.25, 0.3) is 11.0 Å². The van der Waals surface area contributed by atoms with E-state index in [1.54, 1.807) is 30.2 Å². The maximum absolute atomic E-state index is 13.6. The van der Waals surface area contributed by atoms with E-state index in [4.69, 9.17) is 13.9 Å². The number of carbonyl (C=O) groups excluding carboxylic acids is 1. The van der Waals surface area contributed by atoms with E-state index < -0.39 is 6.04 Å². The molecule has 168 valence electrons. The van der Waals surface area contributed by atoms with Crippen LogP contribution < -0.4 is 14.9 Å². The van der Waals surface area contributed by atoms with Crippen molar-refractivity contribution in [3.63, 3.8) is 0 Å². The lowest BCUT2D eigenvalue weighted by atomic mass is 9.98. The van der Waals surface area contributed by atoms with Crippen LogP contribution in [0.15, 0.2) is 51.7 Å². The summed E-state index contributed by atoms with van der Waals surface area (Å²) >= 11 is 0. The summed E-state index contributed by atoms with van der Waals surface area (Å²) in [6.45, 7) is 3.76. The maximum Gasteiger partial charge on any atom is 0.290 e. The molecule has 1 aromatic heterocycles. The third-order valence-corrected chi connectivity index (χ3v) is 5.61. The summed E-state index contributed by atoms with van der Waals surface area (Å²) in [5.74, 6) is 1.09. The van der Waals surface area contributed by atoms with Crippen LogP contribution in [0.5, 0.6) is 11.5 Å². The average Bonchev–Trinajstić information content (AvgIpc) is 3.08. The van der Waals surface area contributed by atoms with Gasteiger partial charge in [-0.25, -0.2) is 0 Å². The first kappa shape index (κ1) is 21.9. The van der Waals surface area contributed by atoms with E-state index in [2.05, 4.69) is 0 Å². The van der Waals surface area contributed by atoms with Gasteiger partial charge in [-0.2, -0.15) is 0 Å². The van der Waals surface area contributed by atoms with Crippen molar-refractivity contribution in [2.24, 2.45) is 0 Å². The SMILES string of the molecule is CCCOc1cccc(C2c3c(oc4cc(OC)ccc4c3=O)C(=O)N2CCN(C)C)c1. The number of fused-ring (bicyclic) bond motifs is 2. The molecule has 4 rings (SSSR count). The summed E-state index contributed by atoms with van der Waals surface area (Å²) in [7, 11) is 5.45. The van der Waals surface area contributed by atoms with Gasteiger partial charge in [0.1, 0.15) is 17.1 Å². The summed E-state index contributed by atoms with van der Waals surface area (Å²) in [5, 5.41) is 0.426. The van der Waals surface area contributed by atoms with Crippen LogP contribution in [0.4, 0.5) is 0 Å². The van der Waals surface area contributed by atoms with Gasteiger partial charge in [-0.15, -0.1) is 0 Å². The van der Waals surface area contributed by atoms with Crippen LogP contribution >= 0.6 is 0 Å². The molecule has 0 bridgehead atoms. The Morgan fingerprint density at radius 3 is 2.62 bits per heavy atom. The van der Waals surface area contributed by atoms with Crippen molar-refractivity contribution < 1.29 is 18.7 Å². The smallest absolute Gasteiger partial charge is 0.290 e. The molecule has 1 aliphatic rings. The highest BCUT2D eigenvalue weighted by molar-refractivity contribution is 5.99. The Kier molecular flexibility index (Phi) is 6.19. The largest absolute Gasteiger partial charge is 0.497 e. The monoisotopic (exact) mass is 436 g/mol. The number of carbonyl (C=O) groups is 1. The highest BCUT2D eigenvalue weighted by Crippen LogP contribution is 2.39. The van der Waals surface area contributed by atoms with E-state index >= 15 is 0 Å². The minimum absolute atomic E-state index is 0.0967. The molecular formula is C25H28N2O5. The van der Waals surface area contributed by atoms with Gasteiger partial charge >= 0.3 is 0 Å². The van der Waals surface area contributed by atoms with Crippen molar-refractivity contribution in [3.8, 4) is 11.5 Å². The van der Waals surface area contributed by atoms with Crippen molar-refractivity contribution in [1.29, 1.82) is 0 Å². The van der Waals surface area contributed by atoms with Crippen molar-refractivity contribution >= 4 is 16.9 Å². The van der Waals surface area contributed by atoms with E-state index in [0.29, 0.717) is 47.7 Å². The van der Waals surface area contributed by atoms with Gasteiger partial charge in [-0.1, -0.05) is 19.1 Å². The fourth-order valence-electron chi connectivity index (χ4n) is 4.00. The Morgan fingerprint density at radius 1 is 1.09 bits per heavy atom. The lowest BCUT2D eigenvalue weighted by molar-refractivity contribution is 0.0716. The zero-order valence-corrected chi connectivity index (χ0v) is 18.9. The molecule has 0 aliphatic carbocycles. The number of rotatable bonds is 8. The van der Waals surface area contributed by atoms with Gasteiger partial charge in [0.15, 0.2) is 5.43 Å². The molecular weight excluding hydrogens is 408 g/mol. The molecule has 2 aromatic carbocycles. The summed E-state index contributed by atoms with van der Waals surface area (Å²) in [6.07, 6.45) is 0.892. The van der Waals surface area contributed by atoms with Crippen LogP contribution in [0, 0.1) is 0 Å². The summed E-state index contributed by atoms with van der Waals surface area (Å²) in [5.41, 5.74) is 1.34. The van der Waals surface area contributed by atoms with Crippen molar-refractivity contribution in [2.45, 2.75) is 19.4 Å². The van der Waals surface area contributed by atoms with Gasteiger partial charge in [-0.3, -0.25) is 9.59 Å². The van der Waals surface area contributed by atoms with Crippen LogP contribution in [-0.4, -0.2) is 56.6 Å². The number of methoxy groups -OCH3 is 1. The lowest BCUT2D eigenvalue weighted by Crippen LogP contribution is -2.35. The second-order valence-electron chi connectivity index (χ2n) is 8.16. The van der Waals surface area contributed by atoms with E-state index in [9.17, 15) is 9.59 Å². The molecule has 1 unspecified atom stereocenters. The Labute approximate surface area is 187 Å². The normalized spacial score (nSPS) is 15.5. The third-order valence-electron chi connectivity index (χ3n) is 5.61. The number of amides is 1.